The maximum Gasteiger partial charge on any atom is 0.273 e. The van der Waals surface area contributed by atoms with Crippen LogP contribution in [0.15, 0.2) is 47.8 Å². The maximum absolute atomic E-state index is 14.6. The number of thiazole rings is 1. The number of hydrogen-bond acceptors (Lipinski definition) is 5. The van der Waals surface area contributed by atoms with Crippen molar-refractivity contribution in [1.82, 2.24) is 9.88 Å². The van der Waals surface area contributed by atoms with Crippen molar-refractivity contribution in [2.45, 2.75) is 13.5 Å². The van der Waals surface area contributed by atoms with Crippen LogP contribution in [0.3, 0.4) is 0 Å². The van der Waals surface area contributed by atoms with Gasteiger partial charge in [0, 0.05) is 30.6 Å². The molecule has 0 unspecified atom stereocenters. The van der Waals surface area contributed by atoms with Crippen molar-refractivity contribution < 1.29 is 18.7 Å². The molecule has 0 radical (unpaired) electrons. The molecule has 28 heavy (non-hydrogen) atoms. The predicted molar refractivity (Wildman–Crippen MR) is 107 cm³/mol. The number of methoxy groups -OCH3 is 1. The zero-order chi connectivity index (χ0) is 20.1. The van der Waals surface area contributed by atoms with Crippen LogP contribution in [0.1, 0.15) is 23.0 Å². The highest BCUT2D eigenvalue weighted by atomic mass is 32.1. The van der Waals surface area contributed by atoms with Crippen molar-refractivity contribution in [2.24, 2.45) is 0 Å². The Labute approximate surface area is 167 Å². The summed E-state index contributed by atoms with van der Waals surface area (Å²) in [6.45, 7) is 2.77. The van der Waals surface area contributed by atoms with Gasteiger partial charge < -0.3 is 14.4 Å². The van der Waals surface area contributed by atoms with Gasteiger partial charge in [-0.15, -0.1) is 11.3 Å². The van der Waals surface area contributed by atoms with Crippen LogP contribution < -0.4 is 9.47 Å². The molecule has 0 N–H and O–H groups in total. The molecular weight excluding hydrogens is 379 g/mol. The Balaban J connectivity index is 1.72. The van der Waals surface area contributed by atoms with Crippen LogP contribution >= 0.6 is 11.3 Å². The van der Waals surface area contributed by atoms with E-state index in [1.165, 1.54) is 17.4 Å². The first-order chi connectivity index (χ1) is 13.5. The van der Waals surface area contributed by atoms with E-state index in [0.29, 0.717) is 35.2 Å². The molecule has 0 aliphatic rings. The van der Waals surface area contributed by atoms with Crippen molar-refractivity contribution in [2.75, 3.05) is 20.7 Å². The van der Waals surface area contributed by atoms with Gasteiger partial charge in [-0.05, 0) is 36.8 Å². The number of aromatic nitrogens is 1. The second-order valence-corrected chi connectivity index (χ2v) is 7.00. The molecule has 0 saturated carbocycles. The van der Waals surface area contributed by atoms with Crippen LogP contribution in [-0.2, 0) is 6.61 Å². The topological polar surface area (TPSA) is 51.7 Å². The lowest BCUT2D eigenvalue weighted by atomic mass is 10.2. The third kappa shape index (κ3) is 4.48. The Morgan fingerprint density at radius 2 is 2.04 bits per heavy atom. The van der Waals surface area contributed by atoms with E-state index in [9.17, 15) is 9.18 Å². The molecule has 0 aliphatic heterocycles. The lowest BCUT2D eigenvalue weighted by Gasteiger charge is -2.12. The Morgan fingerprint density at radius 1 is 1.21 bits per heavy atom. The molecule has 0 saturated heterocycles. The van der Waals surface area contributed by atoms with Crippen LogP contribution in [0, 0.1) is 5.82 Å². The maximum atomic E-state index is 14.6. The van der Waals surface area contributed by atoms with Crippen molar-refractivity contribution in [1.29, 1.82) is 0 Å². The summed E-state index contributed by atoms with van der Waals surface area (Å²) in [6, 6.07) is 12.1. The van der Waals surface area contributed by atoms with Crippen molar-refractivity contribution in [3.05, 3.63) is 64.9 Å². The molecule has 0 aliphatic carbocycles. The van der Waals surface area contributed by atoms with Gasteiger partial charge in [-0.25, -0.2) is 9.37 Å². The van der Waals surface area contributed by atoms with Crippen LogP contribution in [0.2, 0.25) is 0 Å². The van der Waals surface area contributed by atoms with Crippen LogP contribution in [0.4, 0.5) is 4.39 Å². The highest BCUT2D eigenvalue weighted by molar-refractivity contribution is 7.13. The summed E-state index contributed by atoms with van der Waals surface area (Å²) in [6.07, 6.45) is 0. The van der Waals surface area contributed by atoms with Crippen molar-refractivity contribution in [3.63, 3.8) is 0 Å². The Hall–Kier alpha value is -2.93. The molecule has 0 atom stereocenters. The lowest BCUT2D eigenvalue weighted by molar-refractivity contribution is 0.0797. The fourth-order valence-electron chi connectivity index (χ4n) is 2.52. The monoisotopic (exact) mass is 400 g/mol. The SMILES string of the molecule is CCN(C)C(=O)c1csc(-c2ccc(OCc3cccc(OC)c3)cc2F)n1. The van der Waals surface area contributed by atoms with Gasteiger partial charge in [-0.3, -0.25) is 4.79 Å². The number of nitrogens with zero attached hydrogens (tertiary/aromatic N) is 2. The van der Waals surface area contributed by atoms with Crippen molar-refractivity contribution >= 4 is 17.2 Å². The first kappa shape index (κ1) is 19.8. The van der Waals surface area contributed by atoms with Gasteiger partial charge in [0.15, 0.2) is 0 Å². The molecule has 0 spiro atoms. The Bertz CT molecular complexity index is 974. The van der Waals surface area contributed by atoms with E-state index in [4.69, 9.17) is 9.47 Å². The third-order valence-electron chi connectivity index (χ3n) is 4.25. The molecule has 7 heteroatoms. The van der Waals surface area contributed by atoms with Crippen LogP contribution in [0.5, 0.6) is 11.5 Å². The number of rotatable bonds is 7. The van der Waals surface area contributed by atoms with Gasteiger partial charge in [0.2, 0.25) is 0 Å². The lowest BCUT2D eigenvalue weighted by Crippen LogP contribution is -2.26. The normalized spacial score (nSPS) is 10.6. The number of carbonyl (C=O) groups excluding carboxylic acids is 1. The molecule has 0 bridgehead atoms. The fraction of sp³-hybridized carbons (Fsp3) is 0.238. The molecule has 1 amide bonds. The van der Waals surface area contributed by atoms with Gasteiger partial charge in [0.05, 0.1) is 7.11 Å². The first-order valence-corrected chi connectivity index (χ1v) is 9.66. The molecule has 1 heterocycles. The third-order valence-corrected chi connectivity index (χ3v) is 5.13. The molecule has 146 valence electrons. The summed E-state index contributed by atoms with van der Waals surface area (Å²) in [5.74, 6) is 0.539. The van der Waals surface area contributed by atoms with Crippen LogP contribution in [0.25, 0.3) is 10.6 Å². The highest BCUT2D eigenvalue weighted by Gasteiger charge is 2.17. The van der Waals surface area contributed by atoms with E-state index in [1.54, 1.807) is 36.6 Å². The van der Waals surface area contributed by atoms with Crippen molar-refractivity contribution in [3.8, 4) is 22.1 Å². The molecule has 1 aromatic heterocycles. The number of ether oxygens (including phenoxy) is 2. The van der Waals surface area contributed by atoms with E-state index in [2.05, 4.69) is 4.98 Å². The van der Waals surface area contributed by atoms with Gasteiger partial charge >= 0.3 is 0 Å². The van der Waals surface area contributed by atoms with E-state index in [-0.39, 0.29) is 5.91 Å². The number of hydrogen-bond donors (Lipinski definition) is 0. The Morgan fingerprint density at radius 3 is 2.75 bits per heavy atom. The smallest absolute Gasteiger partial charge is 0.273 e. The largest absolute Gasteiger partial charge is 0.497 e. The van der Waals surface area contributed by atoms with Gasteiger partial charge in [0.1, 0.15) is 34.6 Å². The van der Waals surface area contributed by atoms with Gasteiger partial charge in [-0.1, -0.05) is 12.1 Å². The summed E-state index contributed by atoms with van der Waals surface area (Å²) >= 11 is 1.24. The fourth-order valence-corrected chi connectivity index (χ4v) is 3.34. The summed E-state index contributed by atoms with van der Waals surface area (Å²) in [5.41, 5.74) is 1.59. The van der Waals surface area contributed by atoms with Crippen LogP contribution in [-0.4, -0.2) is 36.5 Å². The summed E-state index contributed by atoms with van der Waals surface area (Å²) in [4.78, 5) is 18.0. The minimum Gasteiger partial charge on any atom is -0.497 e. The first-order valence-electron chi connectivity index (χ1n) is 8.78. The van der Waals surface area contributed by atoms with Gasteiger partial charge in [-0.2, -0.15) is 0 Å². The number of carbonyl (C=O) groups is 1. The minimum atomic E-state index is -0.444. The second kappa shape index (κ2) is 8.84. The molecule has 0 fully saturated rings. The highest BCUT2D eigenvalue weighted by Crippen LogP contribution is 2.29. The quantitative estimate of drug-likeness (QED) is 0.580. The standard InChI is InChI=1S/C21H21FN2O3S/c1-4-24(2)21(25)19-13-28-20(23-19)17-9-8-16(11-18(17)22)27-12-14-6-5-7-15(10-14)26-3/h5-11,13H,4,12H2,1-3H3. The second-order valence-electron chi connectivity index (χ2n) is 6.14. The average molecular weight is 400 g/mol. The average Bonchev–Trinajstić information content (AvgIpc) is 3.21. The predicted octanol–water partition coefficient (Wildman–Crippen LogP) is 4.63. The molecule has 5 nitrogen and oxygen atoms in total. The van der Waals surface area contributed by atoms with E-state index < -0.39 is 5.82 Å². The zero-order valence-corrected chi connectivity index (χ0v) is 16.8. The molecule has 3 aromatic rings. The summed E-state index contributed by atoms with van der Waals surface area (Å²) < 4.78 is 25.4. The minimum absolute atomic E-state index is 0.177. The van der Waals surface area contributed by atoms with E-state index in [1.807, 2.05) is 31.2 Å². The van der Waals surface area contributed by atoms with Gasteiger partial charge in [0.25, 0.3) is 5.91 Å². The molecule has 2 aromatic carbocycles. The molecule has 3 rings (SSSR count). The van der Waals surface area contributed by atoms with E-state index in [0.717, 1.165) is 11.3 Å². The zero-order valence-electron chi connectivity index (χ0n) is 15.9. The summed E-state index contributed by atoms with van der Waals surface area (Å²) in [7, 11) is 3.31. The van der Waals surface area contributed by atoms with E-state index >= 15 is 0 Å². The number of halogens is 1. The molecular formula is C21H21FN2O3S. The Kier molecular flexibility index (Phi) is 6.26. The number of amides is 1. The summed E-state index contributed by atoms with van der Waals surface area (Å²) in [5, 5.41) is 2.11. The number of benzene rings is 2.